The molecule has 0 atom stereocenters. The third-order valence-electron chi connectivity index (χ3n) is 5.12. The number of nitro groups is 1. The van der Waals surface area contributed by atoms with E-state index in [4.69, 9.17) is 11.0 Å². The average molecular weight is 511 g/mol. The number of fused-ring (bicyclic) bond motifs is 2. The van der Waals surface area contributed by atoms with E-state index in [1.54, 1.807) is 19.3 Å². The summed E-state index contributed by atoms with van der Waals surface area (Å²) in [6.45, 7) is 5.27. The van der Waals surface area contributed by atoms with E-state index < -0.39 is 4.92 Å². The molecule has 0 bridgehead atoms. The molecular weight excluding hydrogens is 492 g/mol. The highest BCUT2D eigenvalue weighted by Crippen LogP contribution is 2.32. The SMILES string of the molecule is Cc1c(NN2C=NCC2)c(Br)cc2[nH]c(C#N)nc12.Cc1c([N+](=O)[O-])ccc2[nH]c(N)nc12. The van der Waals surface area contributed by atoms with Gasteiger partial charge in [-0.15, -0.1) is 0 Å². The highest BCUT2D eigenvalue weighted by atomic mass is 79.9. The lowest BCUT2D eigenvalue weighted by atomic mass is 10.1. The Kier molecular flexibility index (Phi) is 5.84. The van der Waals surface area contributed by atoms with Crippen LogP contribution < -0.4 is 11.2 Å². The van der Waals surface area contributed by atoms with Crippen molar-refractivity contribution in [2.45, 2.75) is 13.8 Å². The van der Waals surface area contributed by atoms with Gasteiger partial charge in [0.05, 0.1) is 45.8 Å². The number of H-pyrrole nitrogens is 2. The summed E-state index contributed by atoms with van der Waals surface area (Å²) in [5.41, 5.74) is 14.2. The molecule has 0 saturated heterocycles. The fourth-order valence-electron chi connectivity index (χ4n) is 3.49. The molecule has 2 aromatic heterocycles. The standard InChI is InChI=1S/C12H11BrN6.C8H8N4O2/c1-7-11(18-19-3-2-15-6-19)8(13)4-9-12(7)17-10(5-14)16-9;1-4-6(12(13)14)3-2-5-7(4)11-8(9)10-5/h4,6,18H,2-3H2,1H3,(H,16,17);2-3H,1H3,(H3,9,10,11). The van der Waals surface area contributed by atoms with Crippen LogP contribution >= 0.6 is 15.9 Å². The quantitative estimate of drug-likeness (QED) is 0.238. The molecule has 168 valence electrons. The number of hydrazine groups is 1. The summed E-state index contributed by atoms with van der Waals surface area (Å²) in [5, 5.41) is 21.4. The second-order valence-electron chi connectivity index (χ2n) is 7.26. The second kappa shape index (κ2) is 8.75. The molecule has 0 amide bonds. The maximum absolute atomic E-state index is 10.6. The first kappa shape index (κ1) is 22.0. The van der Waals surface area contributed by atoms with E-state index in [2.05, 4.69) is 46.3 Å². The summed E-state index contributed by atoms with van der Waals surface area (Å²) in [5.74, 6) is 0.591. The predicted molar refractivity (Wildman–Crippen MR) is 129 cm³/mol. The third-order valence-corrected chi connectivity index (χ3v) is 5.74. The van der Waals surface area contributed by atoms with Crippen molar-refractivity contribution in [2.75, 3.05) is 24.2 Å². The molecule has 1 aliphatic heterocycles. The van der Waals surface area contributed by atoms with Crippen molar-refractivity contribution in [3.63, 3.8) is 0 Å². The van der Waals surface area contributed by atoms with Crippen LogP contribution in [-0.4, -0.2) is 49.3 Å². The van der Waals surface area contributed by atoms with E-state index in [1.165, 1.54) is 6.07 Å². The maximum Gasteiger partial charge on any atom is 0.274 e. The summed E-state index contributed by atoms with van der Waals surface area (Å²) < 4.78 is 0.922. The van der Waals surface area contributed by atoms with E-state index in [1.807, 2.05) is 24.1 Å². The van der Waals surface area contributed by atoms with Gasteiger partial charge in [-0.1, -0.05) is 0 Å². The Morgan fingerprint density at radius 2 is 2.00 bits per heavy atom. The monoisotopic (exact) mass is 510 g/mol. The lowest BCUT2D eigenvalue weighted by Crippen LogP contribution is -2.27. The van der Waals surface area contributed by atoms with Gasteiger partial charge < -0.3 is 15.7 Å². The van der Waals surface area contributed by atoms with Crippen LogP contribution in [0.1, 0.15) is 17.0 Å². The molecular formula is C20H19BrN10O2. The Balaban J connectivity index is 0.000000165. The number of imidazole rings is 2. The van der Waals surface area contributed by atoms with Gasteiger partial charge in [0.25, 0.3) is 5.69 Å². The molecule has 0 radical (unpaired) electrons. The van der Waals surface area contributed by atoms with E-state index in [0.717, 1.165) is 39.8 Å². The Hall–Kier alpha value is -4.18. The minimum absolute atomic E-state index is 0.0593. The van der Waals surface area contributed by atoms with Crippen LogP contribution in [0.25, 0.3) is 22.1 Å². The second-order valence-corrected chi connectivity index (χ2v) is 8.12. The number of nitrogens with one attached hydrogen (secondary N) is 3. The van der Waals surface area contributed by atoms with Gasteiger partial charge in [-0.25, -0.2) is 9.97 Å². The molecule has 5 rings (SSSR count). The molecule has 12 nitrogen and oxygen atoms in total. The number of rotatable bonds is 3. The number of halogens is 1. The van der Waals surface area contributed by atoms with E-state index in [-0.39, 0.29) is 11.6 Å². The smallest absolute Gasteiger partial charge is 0.274 e. The summed E-state index contributed by atoms with van der Waals surface area (Å²) in [6.07, 6.45) is 1.78. The summed E-state index contributed by atoms with van der Waals surface area (Å²) in [4.78, 5) is 28.4. The molecule has 5 N–H and O–H groups in total. The van der Waals surface area contributed by atoms with Gasteiger partial charge >= 0.3 is 0 Å². The zero-order chi connectivity index (χ0) is 23.7. The molecule has 2 aromatic carbocycles. The van der Waals surface area contributed by atoms with Gasteiger partial charge in [0.15, 0.2) is 5.95 Å². The van der Waals surface area contributed by atoms with Gasteiger partial charge in [0.1, 0.15) is 17.9 Å². The Morgan fingerprint density at radius 1 is 1.24 bits per heavy atom. The van der Waals surface area contributed by atoms with Crippen molar-refractivity contribution in [1.82, 2.24) is 24.9 Å². The van der Waals surface area contributed by atoms with Gasteiger partial charge in [-0.3, -0.25) is 25.5 Å². The molecule has 0 fully saturated rings. The van der Waals surface area contributed by atoms with Gasteiger partial charge in [-0.05, 0) is 41.9 Å². The topological polar surface area (TPSA) is 178 Å². The summed E-state index contributed by atoms with van der Waals surface area (Å²) in [7, 11) is 0. The fourth-order valence-corrected chi connectivity index (χ4v) is 4.11. The van der Waals surface area contributed by atoms with Crippen molar-refractivity contribution in [1.29, 1.82) is 5.26 Å². The molecule has 33 heavy (non-hydrogen) atoms. The number of aromatic amines is 2. The minimum atomic E-state index is -0.431. The number of benzene rings is 2. The summed E-state index contributed by atoms with van der Waals surface area (Å²) >= 11 is 3.54. The molecule has 1 aliphatic rings. The largest absolute Gasteiger partial charge is 0.369 e. The first-order valence-electron chi connectivity index (χ1n) is 9.79. The minimum Gasteiger partial charge on any atom is -0.369 e. The molecule has 0 unspecified atom stereocenters. The number of hydrogen-bond acceptors (Lipinski definition) is 9. The number of hydrogen-bond donors (Lipinski definition) is 4. The number of nitrogen functional groups attached to an aromatic ring is 1. The Bertz CT molecular complexity index is 1450. The Morgan fingerprint density at radius 3 is 2.67 bits per heavy atom. The van der Waals surface area contributed by atoms with Gasteiger partial charge in [0.2, 0.25) is 5.82 Å². The number of anilines is 2. The highest BCUT2D eigenvalue weighted by molar-refractivity contribution is 9.10. The van der Waals surface area contributed by atoms with Gasteiger partial charge in [-0.2, -0.15) is 5.26 Å². The normalized spacial score (nSPS) is 12.6. The van der Waals surface area contributed by atoms with Crippen LogP contribution in [0.2, 0.25) is 0 Å². The lowest BCUT2D eigenvalue weighted by molar-refractivity contribution is -0.385. The van der Waals surface area contributed by atoms with Crippen LogP contribution in [0.3, 0.4) is 0 Å². The number of aromatic nitrogens is 4. The lowest BCUT2D eigenvalue weighted by Gasteiger charge is -2.19. The predicted octanol–water partition coefficient (Wildman–Crippen LogP) is 3.54. The first-order chi connectivity index (χ1) is 15.8. The van der Waals surface area contributed by atoms with Crippen LogP contribution in [0.15, 0.2) is 27.7 Å². The fraction of sp³-hybridized carbons (Fsp3) is 0.200. The molecule has 0 spiro atoms. The van der Waals surface area contributed by atoms with Gasteiger partial charge in [0, 0.05) is 16.1 Å². The molecule has 0 saturated carbocycles. The highest BCUT2D eigenvalue weighted by Gasteiger charge is 2.16. The molecule has 3 heterocycles. The molecule has 0 aliphatic carbocycles. The number of nitriles is 1. The van der Waals surface area contributed by atoms with Crippen LogP contribution in [0, 0.1) is 35.3 Å². The third kappa shape index (κ3) is 4.28. The number of nitrogens with zero attached hydrogens (tertiary/aromatic N) is 6. The molecule has 13 heteroatoms. The van der Waals surface area contributed by atoms with E-state index in [0.29, 0.717) is 22.4 Å². The molecule has 4 aromatic rings. The van der Waals surface area contributed by atoms with Crippen molar-refractivity contribution >= 4 is 61.7 Å². The zero-order valence-corrected chi connectivity index (χ0v) is 19.3. The van der Waals surface area contributed by atoms with Crippen LogP contribution in [0.5, 0.6) is 0 Å². The summed E-state index contributed by atoms with van der Waals surface area (Å²) in [6, 6.07) is 6.98. The first-order valence-corrected chi connectivity index (χ1v) is 10.6. The number of nitrogens with two attached hydrogens (primary N) is 1. The number of aliphatic imine (C=N–C) groups is 1. The zero-order valence-electron chi connectivity index (χ0n) is 17.7. The Labute approximate surface area is 195 Å². The number of nitro benzene ring substituents is 1. The number of aryl methyl sites for hydroxylation is 2. The van der Waals surface area contributed by atoms with Crippen molar-refractivity contribution in [2.24, 2.45) is 4.99 Å². The maximum atomic E-state index is 10.6. The van der Waals surface area contributed by atoms with Crippen LogP contribution in [-0.2, 0) is 0 Å². The van der Waals surface area contributed by atoms with E-state index >= 15 is 0 Å². The van der Waals surface area contributed by atoms with Crippen molar-refractivity contribution in [3.05, 3.63) is 49.7 Å². The van der Waals surface area contributed by atoms with Crippen LogP contribution in [0.4, 0.5) is 17.3 Å². The van der Waals surface area contributed by atoms with E-state index in [9.17, 15) is 10.1 Å². The average Bonchev–Trinajstić information content (AvgIpc) is 3.51. The van der Waals surface area contributed by atoms with Crippen molar-refractivity contribution < 1.29 is 4.92 Å². The van der Waals surface area contributed by atoms with Crippen molar-refractivity contribution in [3.8, 4) is 6.07 Å².